The van der Waals surface area contributed by atoms with E-state index in [0.29, 0.717) is 0 Å². The Bertz CT molecular complexity index is 167. The number of hydrogen-bond donors (Lipinski definition) is 4. The molecule has 2 N–H and O–H groups in total. The summed E-state index contributed by atoms with van der Waals surface area (Å²) in [5.74, 6) is -1.93. The van der Waals surface area contributed by atoms with Crippen LogP contribution in [0.2, 0.25) is 0 Å². The fourth-order valence-corrected chi connectivity index (χ4v) is 0. The van der Waals surface area contributed by atoms with Crippen LogP contribution < -0.4 is 0 Å². The average molecular weight is 332 g/mol. The van der Waals surface area contributed by atoms with Gasteiger partial charge in [0.05, 0.1) is 11.5 Å². The molecule has 0 rings (SSSR count). The van der Waals surface area contributed by atoms with E-state index in [1.165, 1.54) is 12.2 Å². The molecule has 0 spiro atoms. The van der Waals surface area contributed by atoms with Crippen molar-refractivity contribution >= 4 is 37.2 Å². The van der Waals surface area contributed by atoms with E-state index in [4.69, 9.17) is 10.2 Å². The summed E-state index contributed by atoms with van der Waals surface area (Å²) in [7, 11) is 0. The molecule has 4 nitrogen and oxygen atoms in total. The molecule has 0 aliphatic heterocycles. The van der Waals surface area contributed by atoms with Gasteiger partial charge in [-0.05, 0) is 0 Å². The summed E-state index contributed by atoms with van der Waals surface area (Å²) in [6.07, 6.45) is 3.00. The van der Waals surface area contributed by atoms with Gasteiger partial charge in [0.25, 0.3) is 0 Å². The molecule has 17 heavy (non-hydrogen) atoms. The number of thiol groups is 2. The monoisotopic (exact) mass is 330 g/mol. The molecule has 0 fully saturated rings. The van der Waals surface area contributed by atoms with Crippen molar-refractivity contribution < 1.29 is 39.3 Å². The Morgan fingerprint density at radius 3 is 1.06 bits per heavy atom. The number of carbonyl (C=O) groups is 2. The summed E-state index contributed by atoms with van der Waals surface area (Å²) in [5, 5.41) is 15.3. The van der Waals surface area contributed by atoms with Gasteiger partial charge in [-0.15, -0.1) is 0 Å². The minimum absolute atomic E-state index is 0. The van der Waals surface area contributed by atoms with E-state index in [-0.39, 0.29) is 31.0 Å². The van der Waals surface area contributed by atoms with Crippen molar-refractivity contribution in [2.45, 2.75) is 0 Å². The van der Waals surface area contributed by atoms with E-state index in [1.54, 1.807) is 0 Å². The molecule has 96 valence electrons. The van der Waals surface area contributed by atoms with E-state index in [9.17, 15) is 9.59 Å². The Kier molecular flexibility index (Phi) is 63.7. The van der Waals surface area contributed by atoms with E-state index in [0.717, 1.165) is 0 Å². The van der Waals surface area contributed by atoms with Gasteiger partial charge >= 0.3 is 31.4 Å². The Morgan fingerprint density at radius 1 is 1.00 bits per heavy atom. The van der Waals surface area contributed by atoms with Gasteiger partial charge in [-0.2, -0.15) is 25.3 Å². The van der Waals surface area contributed by atoms with Gasteiger partial charge in [-0.3, -0.25) is 9.59 Å². The first-order chi connectivity index (χ1) is 7.37. The smallest absolute Gasteiger partial charge is 0.481 e. The van der Waals surface area contributed by atoms with Crippen LogP contribution in [0, 0.1) is 13.8 Å². The molecule has 7 heteroatoms. The SMILES string of the molecule is C=C[CH2-].C=C[CH2-].O=C(O)CS.O=C(O)CS.[Zn+2]. The summed E-state index contributed by atoms with van der Waals surface area (Å²) in [5.41, 5.74) is 0. The van der Waals surface area contributed by atoms with E-state index >= 15 is 0 Å². The molecule has 0 amide bonds. The second-order valence-electron chi connectivity index (χ2n) is 1.68. The van der Waals surface area contributed by atoms with Gasteiger partial charge in [0.15, 0.2) is 0 Å². The van der Waals surface area contributed by atoms with Crippen molar-refractivity contribution in [1.29, 1.82) is 0 Å². The zero-order valence-corrected chi connectivity index (χ0v) is 14.5. The Hall–Kier alpha value is -0.517. The van der Waals surface area contributed by atoms with Gasteiger partial charge in [-0.1, -0.05) is 0 Å². The number of carboxylic acids is 2. The number of aliphatic carboxylic acids is 2. The van der Waals surface area contributed by atoms with Crippen molar-refractivity contribution in [3.05, 3.63) is 39.2 Å². The Morgan fingerprint density at radius 2 is 1.06 bits per heavy atom. The first-order valence-electron chi connectivity index (χ1n) is 3.83. The summed E-state index contributed by atoms with van der Waals surface area (Å²) in [4.78, 5) is 18.6. The molecule has 0 aliphatic carbocycles. The summed E-state index contributed by atoms with van der Waals surface area (Å²) < 4.78 is 0. The quantitative estimate of drug-likeness (QED) is 0.355. The maximum Gasteiger partial charge on any atom is 2.00 e. The number of carboxylic acid groups (broad SMARTS) is 2. The standard InChI is InChI=1S/2C3H5.2C2H4O2S.Zn/c2*1-3-2;2*3-2(4)1-5;/h2*3H,1-2H2;2*5H,1H2,(H,3,4);/q2*-1;;;+2. The van der Waals surface area contributed by atoms with Crippen LogP contribution in [0.4, 0.5) is 0 Å². The molecule has 0 atom stereocenters. The van der Waals surface area contributed by atoms with Crippen LogP contribution in [-0.2, 0) is 29.1 Å². The molecule has 0 heterocycles. The average Bonchev–Trinajstić information content (AvgIpc) is 2.21. The van der Waals surface area contributed by atoms with Crippen LogP contribution in [0.5, 0.6) is 0 Å². The maximum absolute atomic E-state index is 9.29. The minimum Gasteiger partial charge on any atom is -0.481 e. The van der Waals surface area contributed by atoms with Gasteiger partial charge in [0.1, 0.15) is 0 Å². The Balaban J connectivity index is -0.0000000381. The van der Waals surface area contributed by atoms with Crippen LogP contribution in [0.3, 0.4) is 0 Å². The molecule has 0 aromatic rings. The maximum atomic E-state index is 9.29. The van der Waals surface area contributed by atoms with Crippen LogP contribution in [0.1, 0.15) is 0 Å². The predicted octanol–water partition coefficient (Wildman–Crippen LogP) is 2.01. The number of hydrogen-bond acceptors (Lipinski definition) is 4. The third kappa shape index (κ3) is 232. The van der Waals surface area contributed by atoms with E-state index in [2.05, 4.69) is 52.3 Å². The summed E-state index contributed by atoms with van der Waals surface area (Å²) in [6.45, 7) is 13.0. The third-order valence-corrected chi connectivity index (χ3v) is 0.812. The molecule has 0 unspecified atom stereocenters. The molecular formula is C10H18O4S2Zn. The van der Waals surface area contributed by atoms with E-state index in [1.807, 2.05) is 0 Å². The fraction of sp³-hybridized carbons (Fsp3) is 0.200. The number of rotatable bonds is 2. The Labute approximate surface area is 127 Å². The van der Waals surface area contributed by atoms with Gasteiger partial charge in [-0.25, -0.2) is 39.2 Å². The van der Waals surface area contributed by atoms with Crippen molar-refractivity contribution in [3.63, 3.8) is 0 Å². The minimum atomic E-state index is -0.881. The molecule has 0 radical (unpaired) electrons. The van der Waals surface area contributed by atoms with Crippen LogP contribution in [0.15, 0.2) is 25.3 Å². The van der Waals surface area contributed by atoms with Gasteiger partial charge < -0.3 is 10.2 Å². The van der Waals surface area contributed by atoms with Gasteiger partial charge in [0, 0.05) is 0 Å². The molecule has 0 bridgehead atoms. The van der Waals surface area contributed by atoms with Gasteiger partial charge in [0.2, 0.25) is 0 Å². The molecule has 0 aromatic carbocycles. The molecule has 0 saturated heterocycles. The van der Waals surface area contributed by atoms with Crippen molar-refractivity contribution in [1.82, 2.24) is 0 Å². The zero-order chi connectivity index (χ0) is 14.0. The summed E-state index contributed by atoms with van der Waals surface area (Å²) in [6, 6.07) is 0. The largest absolute Gasteiger partial charge is 2.00 e. The topological polar surface area (TPSA) is 74.6 Å². The van der Waals surface area contributed by atoms with E-state index < -0.39 is 11.9 Å². The molecule has 0 aromatic heterocycles. The molecule has 0 saturated carbocycles. The second kappa shape index (κ2) is 36.1. The first-order valence-corrected chi connectivity index (χ1v) is 5.09. The third-order valence-electron chi connectivity index (χ3n) is 0.271. The predicted molar refractivity (Wildman–Crippen MR) is 74.1 cm³/mol. The zero-order valence-electron chi connectivity index (χ0n) is 9.71. The first kappa shape index (κ1) is 30.0. The van der Waals surface area contributed by atoms with Crippen LogP contribution >= 0.6 is 25.3 Å². The molecule has 0 aliphatic rings. The second-order valence-corrected chi connectivity index (χ2v) is 2.31. The normalized spacial score (nSPS) is 5.76. The van der Waals surface area contributed by atoms with Crippen molar-refractivity contribution in [2.75, 3.05) is 11.5 Å². The van der Waals surface area contributed by atoms with Crippen LogP contribution in [-0.4, -0.2) is 33.7 Å². The fourth-order valence-electron chi connectivity index (χ4n) is 0. The number of allylic oxidation sites excluding steroid dienone is 2. The van der Waals surface area contributed by atoms with Crippen LogP contribution in [0.25, 0.3) is 0 Å². The molecular weight excluding hydrogens is 314 g/mol. The van der Waals surface area contributed by atoms with Crippen molar-refractivity contribution in [3.8, 4) is 0 Å². The summed E-state index contributed by atoms with van der Waals surface area (Å²) >= 11 is 6.83. The van der Waals surface area contributed by atoms with Crippen molar-refractivity contribution in [2.24, 2.45) is 0 Å².